The molecule has 0 bridgehead atoms. The summed E-state index contributed by atoms with van der Waals surface area (Å²) in [4.78, 5) is 31.2. The van der Waals surface area contributed by atoms with Gasteiger partial charge in [0.25, 0.3) is 0 Å². The van der Waals surface area contributed by atoms with Gasteiger partial charge in [0.15, 0.2) is 5.69 Å². The third kappa shape index (κ3) is 14.0. The number of allylic oxidation sites excluding steroid dienone is 2. The second-order valence-electron chi connectivity index (χ2n) is 17.0. The summed E-state index contributed by atoms with van der Waals surface area (Å²) in [5.74, 6) is 5.77. The zero-order valence-corrected chi connectivity index (χ0v) is 43.4. The van der Waals surface area contributed by atoms with Gasteiger partial charge in [0.05, 0.1) is 42.4 Å². The zero-order chi connectivity index (χ0) is 49.8. The number of carbonyl (C=O) groups excluding carboxylic acids is 1. The molecule has 4 aromatic carbocycles. The fraction of sp³-hybridized carbons (Fsp3) is 0.278. The molecule has 1 atom stereocenters. The van der Waals surface area contributed by atoms with Crippen molar-refractivity contribution in [3.8, 4) is 45.4 Å². The topological polar surface area (TPSA) is 193 Å². The van der Waals surface area contributed by atoms with Crippen molar-refractivity contribution in [1.29, 1.82) is 0 Å². The van der Waals surface area contributed by atoms with E-state index in [0.29, 0.717) is 23.6 Å². The molecule has 5 N–H and O–H groups in total. The molecular weight excluding hydrogens is 900 g/mol. The number of aromatic carboxylic acids is 1. The van der Waals surface area contributed by atoms with Crippen LogP contribution >= 0.6 is 0 Å². The molecule has 6 aromatic rings. The summed E-state index contributed by atoms with van der Waals surface area (Å²) < 4.78 is 30.2. The smallest absolute Gasteiger partial charge is 0.491 e. The predicted octanol–water partition coefficient (Wildman–Crippen LogP) is 7.90. The molecular formula is C54H61N6NaO9. The summed E-state index contributed by atoms with van der Waals surface area (Å²) in [6.45, 7) is 18.0. The number of rotatable bonds is 15. The number of aromatic nitrogens is 2. The van der Waals surface area contributed by atoms with Crippen LogP contribution < -0.4 is 59.7 Å². The molecule has 70 heavy (non-hydrogen) atoms. The molecule has 8 rings (SSSR count). The minimum atomic E-state index is -1.07. The first-order valence-corrected chi connectivity index (χ1v) is 22.8. The Morgan fingerprint density at radius 2 is 1.10 bits per heavy atom. The van der Waals surface area contributed by atoms with Crippen LogP contribution in [0.15, 0.2) is 139 Å². The van der Waals surface area contributed by atoms with Gasteiger partial charge in [-0.05, 0) is 176 Å². The van der Waals surface area contributed by atoms with E-state index >= 15 is 0 Å². The standard InChI is InChI=1S/C28H32N2O4.C26H26N2O4.H3N2O.Na/c1-6-32-28(31)26-27(21-9-14-24(15-10-21)34-19(4)5)30-17-22(11-16-25(30)29-26)20-7-12-23(13-8-20)33-18(2)3;1-16(2)31-21-10-5-18(6-11-21)20-9-14-23-27-24(26(29)30)25(28(23)15-20)19-7-12-22(13-8-19)32-17(3)4;1-2-3;/h7-19,25,29H,6H2,1-5H3;5-17H,1-4H3,(H,29,30);3H,1H2;/q;;-1;+1. The number of nitrogens with one attached hydrogen (secondary N) is 1. The second kappa shape index (κ2) is 25.3. The summed E-state index contributed by atoms with van der Waals surface area (Å²) in [6.07, 6.45) is 8.32. The van der Waals surface area contributed by atoms with Crippen LogP contribution in [0.3, 0.4) is 0 Å². The van der Waals surface area contributed by atoms with Gasteiger partial charge in [-0.2, -0.15) is 0 Å². The second-order valence-corrected chi connectivity index (χ2v) is 17.0. The molecule has 0 spiro atoms. The van der Waals surface area contributed by atoms with Crippen molar-refractivity contribution >= 4 is 28.9 Å². The monoisotopic (exact) mass is 960 g/mol. The number of hydrogen-bond acceptors (Lipinski definition) is 12. The number of ether oxygens (including phenoxy) is 5. The fourth-order valence-electron chi connectivity index (χ4n) is 7.61. The van der Waals surface area contributed by atoms with Crippen molar-refractivity contribution in [3.05, 3.63) is 162 Å². The molecule has 4 heterocycles. The van der Waals surface area contributed by atoms with E-state index in [0.717, 1.165) is 62.1 Å². The Hall–Kier alpha value is -6.59. The van der Waals surface area contributed by atoms with Gasteiger partial charge in [0.2, 0.25) is 0 Å². The van der Waals surface area contributed by atoms with Gasteiger partial charge < -0.3 is 55.6 Å². The van der Waals surface area contributed by atoms with E-state index in [4.69, 9.17) is 28.9 Å². The number of nitrogens with zero attached hydrogens (tertiary/aromatic N) is 4. The number of nitrogens with two attached hydrogens (primary N) is 1. The number of esters is 1. The molecule has 362 valence electrons. The van der Waals surface area contributed by atoms with Crippen molar-refractivity contribution in [3.63, 3.8) is 0 Å². The maximum absolute atomic E-state index is 12.8. The first kappa shape index (κ1) is 54.4. The number of carboxylic acid groups (broad SMARTS) is 1. The number of benzene rings is 4. The van der Waals surface area contributed by atoms with Gasteiger partial charge in [0.1, 0.15) is 40.5 Å². The Bertz CT molecular complexity index is 2770. The number of fused-ring (bicyclic) bond motifs is 2. The largest absolute Gasteiger partial charge is 1.00 e. The quantitative estimate of drug-likeness (QED) is 0.0336. The van der Waals surface area contributed by atoms with Crippen molar-refractivity contribution in [2.75, 3.05) is 6.61 Å². The molecule has 16 heteroatoms. The maximum atomic E-state index is 12.8. The molecule has 2 aliphatic heterocycles. The Kier molecular flexibility index (Phi) is 19.7. The molecule has 1 unspecified atom stereocenters. The molecule has 2 aliphatic rings. The molecule has 0 radical (unpaired) electrons. The van der Waals surface area contributed by atoms with Crippen LogP contribution in [0.1, 0.15) is 83.9 Å². The van der Waals surface area contributed by atoms with Gasteiger partial charge in [-0.15, -0.1) is 0 Å². The Morgan fingerprint density at radius 3 is 1.54 bits per heavy atom. The van der Waals surface area contributed by atoms with Crippen molar-refractivity contribution in [1.82, 2.24) is 19.6 Å². The maximum Gasteiger partial charge on any atom is 1.00 e. The minimum absolute atomic E-state index is 0. The average Bonchev–Trinajstić information content (AvgIpc) is 3.89. The molecule has 15 nitrogen and oxygen atoms in total. The van der Waals surface area contributed by atoms with Gasteiger partial charge in [-0.1, -0.05) is 30.3 Å². The van der Waals surface area contributed by atoms with Gasteiger partial charge in [0, 0.05) is 23.5 Å². The van der Waals surface area contributed by atoms with Crippen LogP contribution in [0.2, 0.25) is 0 Å². The Balaban J connectivity index is 0.000000244. The van der Waals surface area contributed by atoms with Crippen molar-refractivity contribution in [2.24, 2.45) is 5.84 Å². The summed E-state index contributed by atoms with van der Waals surface area (Å²) in [5, 5.41) is 20.1. The molecule has 0 fully saturated rings. The van der Waals surface area contributed by atoms with Crippen LogP contribution in [-0.2, 0) is 9.53 Å². The summed E-state index contributed by atoms with van der Waals surface area (Å²) in [5.41, 5.74) is 10.1. The van der Waals surface area contributed by atoms with Gasteiger partial charge in [-0.3, -0.25) is 4.40 Å². The van der Waals surface area contributed by atoms with E-state index in [9.17, 15) is 14.7 Å². The van der Waals surface area contributed by atoms with Gasteiger partial charge in [-0.25, -0.2) is 14.6 Å². The SMILES string of the molecule is CC(C)Oc1ccc(-c2ccc3nc(C(=O)O)c(-c4ccc(OC(C)C)cc4)n3c2)cc1.CCOC(=O)C1=C(c2ccc(OC(C)C)cc2)N2C=C(c3ccc(OC(C)C)cc3)C=CC2N1.N[N-]O.[Na+]. The third-order valence-corrected chi connectivity index (χ3v) is 10.2. The normalized spacial score (nSPS) is 13.7. The number of carbonyl (C=O) groups is 2. The Labute approximate surface area is 431 Å². The molecule has 0 aliphatic carbocycles. The van der Waals surface area contributed by atoms with E-state index in [1.165, 1.54) is 0 Å². The van der Waals surface area contributed by atoms with E-state index in [1.807, 2.05) is 188 Å². The van der Waals surface area contributed by atoms with Crippen molar-refractivity contribution in [2.45, 2.75) is 92.9 Å². The Morgan fingerprint density at radius 1 is 0.671 bits per heavy atom. The molecule has 0 saturated heterocycles. The van der Waals surface area contributed by atoms with E-state index in [2.05, 4.69) is 39.4 Å². The van der Waals surface area contributed by atoms with Gasteiger partial charge >= 0.3 is 41.5 Å². The first-order chi connectivity index (χ1) is 33.1. The van der Waals surface area contributed by atoms with Crippen LogP contribution in [-0.4, -0.2) is 73.7 Å². The molecule has 2 aromatic heterocycles. The summed E-state index contributed by atoms with van der Waals surface area (Å²) in [7, 11) is 0. The summed E-state index contributed by atoms with van der Waals surface area (Å²) in [6, 6.07) is 34.9. The number of imidazole rings is 1. The number of carboxylic acids is 1. The molecule has 0 amide bonds. The first-order valence-electron chi connectivity index (χ1n) is 22.8. The number of hydrogen-bond donors (Lipinski definition) is 4. The average molecular weight is 961 g/mol. The zero-order valence-electron chi connectivity index (χ0n) is 41.4. The predicted molar refractivity (Wildman–Crippen MR) is 268 cm³/mol. The van der Waals surface area contributed by atoms with Crippen LogP contribution in [0.4, 0.5) is 0 Å². The summed E-state index contributed by atoms with van der Waals surface area (Å²) >= 11 is 0. The van der Waals surface area contributed by atoms with Crippen LogP contribution in [0.25, 0.3) is 44.9 Å². The van der Waals surface area contributed by atoms with Crippen LogP contribution in [0, 0.1) is 0 Å². The number of pyridine rings is 1. The van der Waals surface area contributed by atoms with E-state index in [-0.39, 0.29) is 71.8 Å². The van der Waals surface area contributed by atoms with Crippen LogP contribution in [0.5, 0.6) is 23.0 Å². The van der Waals surface area contributed by atoms with E-state index < -0.39 is 5.97 Å². The minimum Gasteiger partial charge on any atom is -0.491 e. The van der Waals surface area contributed by atoms with E-state index in [1.54, 1.807) is 0 Å². The third-order valence-electron chi connectivity index (χ3n) is 10.2. The fourth-order valence-corrected chi connectivity index (χ4v) is 7.61. The molecule has 0 saturated carbocycles. The van der Waals surface area contributed by atoms with Crippen molar-refractivity contribution < 1.29 is 73.1 Å².